The average Bonchev–Trinajstić information content (AvgIpc) is 2.57. The molecular weight excluding hydrogens is 240 g/mol. The van der Waals surface area contributed by atoms with Crippen molar-refractivity contribution in [3.8, 4) is 5.88 Å². The lowest BCUT2D eigenvalue weighted by atomic mass is 10.4. The summed E-state index contributed by atoms with van der Waals surface area (Å²) in [4.78, 5) is 12.2. The van der Waals surface area contributed by atoms with E-state index in [1.807, 2.05) is 13.8 Å². The SMILES string of the molecule is COc1cc(Sc2nc(C)c(C)o2)nc(N)n1. The van der Waals surface area contributed by atoms with E-state index >= 15 is 0 Å². The van der Waals surface area contributed by atoms with Crippen LogP contribution in [0.5, 0.6) is 5.88 Å². The number of ether oxygens (including phenoxy) is 1. The van der Waals surface area contributed by atoms with E-state index in [2.05, 4.69) is 15.0 Å². The van der Waals surface area contributed by atoms with Gasteiger partial charge in [0, 0.05) is 6.07 Å². The van der Waals surface area contributed by atoms with Crippen LogP contribution in [0.3, 0.4) is 0 Å². The van der Waals surface area contributed by atoms with E-state index in [1.165, 1.54) is 18.9 Å². The fourth-order valence-electron chi connectivity index (χ4n) is 1.15. The predicted molar refractivity (Wildman–Crippen MR) is 63.1 cm³/mol. The Bertz CT molecular complexity index is 522. The first-order valence-electron chi connectivity index (χ1n) is 4.89. The molecule has 2 N–H and O–H groups in total. The van der Waals surface area contributed by atoms with Gasteiger partial charge in [-0.2, -0.15) is 4.98 Å². The number of nitrogen functional groups attached to an aromatic ring is 1. The van der Waals surface area contributed by atoms with Crippen molar-refractivity contribution in [2.75, 3.05) is 12.8 Å². The summed E-state index contributed by atoms with van der Waals surface area (Å²) >= 11 is 1.28. The van der Waals surface area contributed by atoms with Crippen molar-refractivity contribution in [2.24, 2.45) is 0 Å². The van der Waals surface area contributed by atoms with Gasteiger partial charge in [-0.25, -0.2) is 9.97 Å². The summed E-state index contributed by atoms with van der Waals surface area (Å²) in [7, 11) is 1.52. The molecule has 0 aliphatic rings. The minimum absolute atomic E-state index is 0.159. The smallest absolute Gasteiger partial charge is 0.262 e. The zero-order valence-corrected chi connectivity index (χ0v) is 10.5. The number of aryl methyl sites for hydroxylation is 2. The molecular formula is C10H12N4O2S. The lowest BCUT2D eigenvalue weighted by molar-refractivity contribution is 0.395. The Balaban J connectivity index is 2.26. The minimum atomic E-state index is 0.159. The summed E-state index contributed by atoms with van der Waals surface area (Å²) in [5, 5.41) is 1.16. The van der Waals surface area contributed by atoms with Crippen LogP contribution in [0.25, 0.3) is 0 Å². The predicted octanol–water partition coefficient (Wildman–Crippen LogP) is 1.82. The molecule has 2 heterocycles. The summed E-state index contributed by atoms with van der Waals surface area (Å²) in [6.45, 7) is 3.75. The van der Waals surface area contributed by atoms with E-state index in [4.69, 9.17) is 14.9 Å². The third-order valence-corrected chi connectivity index (χ3v) is 2.87. The molecule has 0 fully saturated rings. The van der Waals surface area contributed by atoms with Gasteiger partial charge >= 0.3 is 0 Å². The van der Waals surface area contributed by atoms with E-state index < -0.39 is 0 Å². The number of hydrogen-bond acceptors (Lipinski definition) is 7. The first-order valence-corrected chi connectivity index (χ1v) is 5.70. The Labute approximate surface area is 103 Å². The van der Waals surface area contributed by atoms with E-state index in [1.54, 1.807) is 6.07 Å². The monoisotopic (exact) mass is 252 g/mol. The molecule has 2 aromatic rings. The van der Waals surface area contributed by atoms with E-state index in [0.29, 0.717) is 16.1 Å². The number of nitrogens with zero attached hydrogens (tertiary/aromatic N) is 3. The molecule has 0 aliphatic carbocycles. The van der Waals surface area contributed by atoms with Gasteiger partial charge in [0.1, 0.15) is 10.8 Å². The molecule has 6 nitrogen and oxygen atoms in total. The molecule has 0 spiro atoms. The third-order valence-electron chi connectivity index (χ3n) is 2.11. The molecule has 0 radical (unpaired) electrons. The number of methoxy groups -OCH3 is 1. The number of oxazole rings is 1. The quantitative estimate of drug-likeness (QED) is 0.833. The van der Waals surface area contributed by atoms with Crippen LogP contribution < -0.4 is 10.5 Å². The second-order valence-corrected chi connectivity index (χ2v) is 4.30. The molecule has 0 saturated heterocycles. The van der Waals surface area contributed by atoms with Crippen LogP contribution >= 0.6 is 11.8 Å². The second kappa shape index (κ2) is 4.62. The summed E-state index contributed by atoms with van der Waals surface area (Å²) in [6.07, 6.45) is 0. The Kier molecular flexibility index (Phi) is 3.19. The highest BCUT2D eigenvalue weighted by Gasteiger charge is 2.10. The second-order valence-electron chi connectivity index (χ2n) is 3.33. The van der Waals surface area contributed by atoms with Crippen LogP contribution in [0.1, 0.15) is 11.5 Å². The van der Waals surface area contributed by atoms with Gasteiger partial charge in [0.15, 0.2) is 0 Å². The third kappa shape index (κ3) is 2.68. The van der Waals surface area contributed by atoms with Crippen LogP contribution in [0.2, 0.25) is 0 Å². The lowest BCUT2D eigenvalue weighted by Gasteiger charge is -2.01. The molecule has 0 aliphatic heterocycles. The average molecular weight is 252 g/mol. The van der Waals surface area contributed by atoms with Gasteiger partial charge in [-0.15, -0.1) is 0 Å². The van der Waals surface area contributed by atoms with Crippen molar-refractivity contribution in [3.63, 3.8) is 0 Å². The standard InChI is InChI=1S/C10H12N4O2S/c1-5-6(2)16-10(12-5)17-8-4-7(15-3)13-9(11)14-8/h4H,1-3H3,(H2,11,13,14). The summed E-state index contributed by atoms with van der Waals surface area (Å²) in [6, 6.07) is 1.68. The first-order chi connectivity index (χ1) is 8.08. The van der Waals surface area contributed by atoms with Crippen LogP contribution in [0.15, 0.2) is 20.7 Å². The van der Waals surface area contributed by atoms with Gasteiger partial charge in [-0.05, 0) is 25.6 Å². The summed E-state index contributed by atoms with van der Waals surface area (Å²) < 4.78 is 10.4. The van der Waals surface area contributed by atoms with Crippen LogP contribution in [0, 0.1) is 13.8 Å². The fraction of sp³-hybridized carbons (Fsp3) is 0.300. The van der Waals surface area contributed by atoms with Crippen LogP contribution in [-0.4, -0.2) is 22.1 Å². The van der Waals surface area contributed by atoms with Gasteiger partial charge < -0.3 is 14.9 Å². The number of anilines is 1. The van der Waals surface area contributed by atoms with Gasteiger partial charge in [0.2, 0.25) is 11.8 Å². The molecule has 0 unspecified atom stereocenters. The van der Waals surface area contributed by atoms with Crippen molar-refractivity contribution in [3.05, 3.63) is 17.5 Å². The minimum Gasteiger partial charge on any atom is -0.481 e. The van der Waals surface area contributed by atoms with Crippen LogP contribution in [-0.2, 0) is 0 Å². The van der Waals surface area contributed by atoms with Crippen molar-refractivity contribution in [1.29, 1.82) is 0 Å². The molecule has 2 rings (SSSR count). The highest BCUT2D eigenvalue weighted by molar-refractivity contribution is 7.99. The Hall–Kier alpha value is -1.76. The highest BCUT2D eigenvalue weighted by Crippen LogP contribution is 2.28. The Morgan fingerprint density at radius 1 is 1.29 bits per heavy atom. The van der Waals surface area contributed by atoms with Gasteiger partial charge in [-0.3, -0.25) is 0 Å². The van der Waals surface area contributed by atoms with Crippen LogP contribution in [0.4, 0.5) is 5.95 Å². The summed E-state index contributed by atoms with van der Waals surface area (Å²) in [5.74, 6) is 1.37. The van der Waals surface area contributed by atoms with Crippen molar-refractivity contribution >= 4 is 17.7 Å². The van der Waals surface area contributed by atoms with Crippen molar-refractivity contribution < 1.29 is 9.15 Å². The Morgan fingerprint density at radius 2 is 2.06 bits per heavy atom. The number of rotatable bonds is 3. The number of nitrogens with two attached hydrogens (primary N) is 1. The molecule has 0 amide bonds. The molecule has 0 aromatic carbocycles. The largest absolute Gasteiger partial charge is 0.481 e. The number of aromatic nitrogens is 3. The van der Waals surface area contributed by atoms with E-state index in [9.17, 15) is 0 Å². The maximum absolute atomic E-state index is 5.56. The topological polar surface area (TPSA) is 87.1 Å². The van der Waals surface area contributed by atoms with Crippen molar-refractivity contribution in [1.82, 2.24) is 15.0 Å². The Morgan fingerprint density at radius 3 is 2.65 bits per heavy atom. The lowest BCUT2D eigenvalue weighted by Crippen LogP contribution is -1.98. The van der Waals surface area contributed by atoms with E-state index in [0.717, 1.165) is 11.5 Å². The highest BCUT2D eigenvalue weighted by atomic mass is 32.2. The van der Waals surface area contributed by atoms with Gasteiger partial charge in [0.05, 0.1) is 12.8 Å². The molecule has 17 heavy (non-hydrogen) atoms. The van der Waals surface area contributed by atoms with Gasteiger partial charge in [-0.1, -0.05) is 0 Å². The van der Waals surface area contributed by atoms with Gasteiger partial charge in [0.25, 0.3) is 5.22 Å². The maximum atomic E-state index is 5.56. The fourth-order valence-corrected chi connectivity index (χ4v) is 1.98. The molecule has 90 valence electrons. The zero-order valence-electron chi connectivity index (χ0n) is 9.72. The molecule has 2 aromatic heterocycles. The molecule has 7 heteroatoms. The summed E-state index contributed by atoms with van der Waals surface area (Å²) in [5.41, 5.74) is 6.42. The molecule has 0 atom stereocenters. The first kappa shape index (κ1) is 11.7. The zero-order chi connectivity index (χ0) is 12.4. The molecule has 0 bridgehead atoms. The number of hydrogen-bond donors (Lipinski definition) is 1. The van der Waals surface area contributed by atoms with Crippen molar-refractivity contribution in [2.45, 2.75) is 24.1 Å². The molecule has 0 saturated carbocycles. The van der Waals surface area contributed by atoms with E-state index in [-0.39, 0.29) is 5.95 Å². The maximum Gasteiger partial charge on any atom is 0.262 e. The normalized spacial score (nSPS) is 10.5.